The van der Waals surface area contributed by atoms with E-state index < -0.39 is 0 Å². The van der Waals surface area contributed by atoms with Crippen LogP contribution in [0.1, 0.15) is 12.0 Å². The van der Waals surface area contributed by atoms with Gasteiger partial charge in [0.05, 0.1) is 11.4 Å². The second-order valence-electron chi connectivity index (χ2n) is 8.07. The molecule has 4 heterocycles. The molecule has 0 aliphatic carbocycles. The predicted molar refractivity (Wildman–Crippen MR) is 117 cm³/mol. The fourth-order valence-corrected chi connectivity index (χ4v) is 4.53. The first-order valence-corrected chi connectivity index (χ1v) is 10.6. The van der Waals surface area contributed by atoms with E-state index in [9.17, 15) is 4.39 Å². The molecule has 2 aromatic heterocycles. The number of anilines is 1. The highest BCUT2D eigenvalue weighted by Crippen LogP contribution is 2.34. The average Bonchev–Trinajstić information content (AvgIpc) is 3.30. The van der Waals surface area contributed by atoms with Crippen molar-refractivity contribution in [2.24, 2.45) is 0 Å². The van der Waals surface area contributed by atoms with Crippen LogP contribution in [0.4, 0.5) is 10.1 Å². The van der Waals surface area contributed by atoms with Crippen LogP contribution in [0.15, 0.2) is 54.7 Å². The second-order valence-corrected chi connectivity index (χ2v) is 8.07. The number of tetrazole rings is 1. The molecule has 0 radical (unpaired) electrons. The van der Waals surface area contributed by atoms with Gasteiger partial charge in [0.25, 0.3) is 0 Å². The smallest absolute Gasteiger partial charge is 0.203 e. The Kier molecular flexibility index (Phi) is 4.31. The zero-order valence-corrected chi connectivity index (χ0v) is 17.0. The number of nitrogens with zero attached hydrogens (tertiary/aromatic N) is 6. The number of halogens is 1. The molecule has 0 saturated carbocycles. The van der Waals surface area contributed by atoms with E-state index in [2.05, 4.69) is 60.8 Å². The molecule has 0 bridgehead atoms. The molecule has 0 amide bonds. The van der Waals surface area contributed by atoms with E-state index in [1.807, 2.05) is 4.68 Å². The molecule has 1 fully saturated rings. The van der Waals surface area contributed by atoms with E-state index in [-0.39, 0.29) is 5.82 Å². The standard InChI is InChI=1S/C23H22FN7/c24-19-4-2-16(3-5-19)17-13-22-23-26-27-28-31(23)21-7-6-20(12-18(21)15-30(22)14-17)29-10-1-8-25-9-11-29/h2-7,12-14,25H,1,8-11,15H2. The van der Waals surface area contributed by atoms with Crippen molar-refractivity contribution in [2.75, 3.05) is 31.1 Å². The van der Waals surface area contributed by atoms with E-state index in [0.717, 1.165) is 55.1 Å². The fraction of sp³-hybridized carbons (Fsp3) is 0.261. The summed E-state index contributed by atoms with van der Waals surface area (Å²) in [7, 11) is 0. The van der Waals surface area contributed by atoms with Crippen LogP contribution in [0.25, 0.3) is 28.3 Å². The lowest BCUT2D eigenvalue weighted by Gasteiger charge is -2.23. The SMILES string of the molecule is Fc1ccc(-c2cc3n(c2)Cc2cc(N4CCCNCC4)ccc2-n2nnnc2-3)cc1. The van der Waals surface area contributed by atoms with Gasteiger partial charge >= 0.3 is 0 Å². The van der Waals surface area contributed by atoms with Crippen molar-refractivity contribution in [2.45, 2.75) is 13.0 Å². The minimum absolute atomic E-state index is 0.237. The summed E-state index contributed by atoms with van der Waals surface area (Å²) in [5.74, 6) is 0.470. The molecule has 6 rings (SSSR count). The Bertz CT molecular complexity index is 1230. The highest BCUT2D eigenvalue weighted by molar-refractivity contribution is 5.71. The maximum absolute atomic E-state index is 13.4. The van der Waals surface area contributed by atoms with Crippen LogP contribution < -0.4 is 10.2 Å². The highest BCUT2D eigenvalue weighted by atomic mass is 19.1. The first-order chi connectivity index (χ1) is 15.3. The van der Waals surface area contributed by atoms with E-state index in [1.54, 1.807) is 12.1 Å². The van der Waals surface area contributed by atoms with Crippen molar-refractivity contribution >= 4 is 5.69 Å². The molecule has 156 valence electrons. The third-order valence-corrected chi connectivity index (χ3v) is 6.11. The van der Waals surface area contributed by atoms with Crippen molar-refractivity contribution < 1.29 is 4.39 Å². The Morgan fingerprint density at radius 2 is 1.84 bits per heavy atom. The number of rotatable bonds is 2. The third-order valence-electron chi connectivity index (χ3n) is 6.11. The third kappa shape index (κ3) is 3.19. The normalized spacial score (nSPS) is 15.6. The van der Waals surface area contributed by atoms with Gasteiger partial charge in [-0.05, 0) is 70.9 Å². The molecule has 0 unspecified atom stereocenters. The van der Waals surface area contributed by atoms with Crippen molar-refractivity contribution in [3.8, 4) is 28.3 Å². The quantitative estimate of drug-likeness (QED) is 0.480. The number of nitrogens with one attached hydrogen (secondary N) is 1. The Morgan fingerprint density at radius 3 is 2.74 bits per heavy atom. The summed E-state index contributed by atoms with van der Waals surface area (Å²) in [5.41, 5.74) is 6.33. The largest absolute Gasteiger partial charge is 0.370 e. The van der Waals surface area contributed by atoms with Crippen molar-refractivity contribution in [1.82, 2.24) is 30.1 Å². The molecule has 31 heavy (non-hydrogen) atoms. The van der Waals surface area contributed by atoms with Crippen LogP contribution in [0.3, 0.4) is 0 Å². The van der Waals surface area contributed by atoms with Crippen LogP contribution in [-0.2, 0) is 6.54 Å². The van der Waals surface area contributed by atoms with Gasteiger partial charge in [-0.1, -0.05) is 12.1 Å². The Morgan fingerprint density at radius 1 is 0.935 bits per heavy atom. The molecule has 2 aromatic carbocycles. The maximum atomic E-state index is 13.4. The summed E-state index contributed by atoms with van der Waals surface area (Å²) in [4.78, 5) is 2.44. The van der Waals surface area contributed by atoms with Crippen molar-refractivity contribution in [3.05, 3.63) is 66.1 Å². The van der Waals surface area contributed by atoms with Gasteiger partial charge in [-0.25, -0.2) is 4.39 Å². The molecule has 1 saturated heterocycles. The van der Waals surface area contributed by atoms with Crippen molar-refractivity contribution in [3.63, 3.8) is 0 Å². The van der Waals surface area contributed by atoms with E-state index in [0.29, 0.717) is 12.4 Å². The molecule has 1 N–H and O–H groups in total. The highest BCUT2D eigenvalue weighted by Gasteiger charge is 2.24. The van der Waals surface area contributed by atoms with Gasteiger partial charge < -0.3 is 14.8 Å². The van der Waals surface area contributed by atoms with Gasteiger partial charge in [0.2, 0.25) is 5.82 Å². The van der Waals surface area contributed by atoms with Crippen molar-refractivity contribution in [1.29, 1.82) is 0 Å². The minimum atomic E-state index is -0.237. The van der Waals surface area contributed by atoms with Crippen LogP contribution in [0.2, 0.25) is 0 Å². The zero-order chi connectivity index (χ0) is 20.8. The Hall–Kier alpha value is -3.52. The summed E-state index contributed by atoms with van der Waals surface area (Å²) in [5, 5.41) is 16.0. The van der Waals surface area contributed by atoms with Gasteiger partial charge in [-0.3, -0.25) is 0 Å². The lowest BCUT2D eigenvalue weighted by atomic mass is 10.1. The van der Waals surface area contributed by atoms with Gasteiger partial charge in [0.1, 0.15) is 5.82 Å². The molecule has 2 aliphatic heterocycles. The van der Waals surface area contributed by atoms with E-state index >= 15 is 0 Å². The van der Waals surface area contributed by atoms with Crippen LogP contribution >= 0.6 is 0 Å². The molecular formula is C23H22FN7. The summed E-state index contributed by atoms with van der Waals surface area (Å²) in [6.07, 6.45) is 3.23. The molecule has 0 atom stereocenters. The monoisotopic (exact) mass is 415 g/mol. The van der Waals surface area contributed by atoms with Crippen LogP contribution in [0, 0.1) is 5.82 Å². The van der Waals surface area contributed by atoms with Gasteiger partial charge in [0.15, 0.2) is 0 Å². The first kappa shape index (κ1) is 18.3. The summed E-state index contributed by atoms with van der Waals surface area (Å²) < 4.78 is 17.4. The Labute approximate surface area is 179 Å². The number of hydrogen-bond donors (Lipinski definition) is 1. The van der Waals surface area contributed by atoms with E-state index in [4.69, 9.17) is 0 Å². The van der Waals surface area contributed by atoms with Gasteiger partial charge in [-0.15, -0.1) is 5.10 Å². The Balaban J connectivity index is 1.44. The lowest BCUT2D eigenvalue weighted by Crippen LogP contribution is -2.28. The van der Waals surface area contributed by atoms with Crippen LogP contribution in [-0.4, -0.2) is 51.0 Å². The summed E-state index contributed by atoms with van der Waals surface area (Å²) in [6.45, 7) is 4.81. The number of hydrogen-bond acceptors (Lipinski definition) is 5. The lowest BCUT2D eigenvalue weighted by molar-refractivity contribution is 0.628. The van der Waals surface area contributed by atoms with Gasteiger partial charge in [0, 0.05) is 43.6 Å². The number of aromatic nitrogens is 5. The number of benzene rings is 2. The predicted octanol–water partition coefficient (Wildman–Crippen LogP) is 3.10. The van der Waals surface area contributed by atoms with Crippen LogP contribution in [0.5, 0.6) is 0 Å². The average molecular weight is 415 g/mol. The molecule has 7 nitrogen and oxygen atoms in total. The molecule has 4 aromatic rings. The molecule has 8 heteroatoms. The molecular weight excluding hydrogens is 393 g/mol. The molecule has 2 aliphatic rings. The minimum Gasteiger partial charge on any atom is -0.370 e. The topological polar surface area (TPSA) is 63.8 Å². The van der Waals surface area contributed by atoms with E-state index in [1.165, 1.54) is 23.4 Å². The number of fused-ring (bicyclic) bond motifs is 5. The fourth-order valence-electron chi connectivity index (χ4n) is 4.53. The van der Waals surface area contributed by atoms with Gasteiger partial charge in [-0.2, -0.15) is 4.68 Å². The summed E-state index contributed by atoms with van der Waals surface area (Å²) >= 11 is 0. The maximum Gasteiger partial charge on any atom is 0.203 e. The second kappa shape index (κ2) is 7.31. The molecule has 0 spiro atoms. The zero-order valence-electron chi connectivity index (χ0n) is 17.0. The summed E-state index contributed by atoms with van der Waals surface area (Å²) in [6, 6.07) is 15.2. The first-order valence-electron chi connectivity index (χ1n) is 10.6.